The lowest BCUT2D eigenvalue weighted by Crippen LogP contribution is -2.35. The normalized spacial score (nSPS) is 18.2. The lowest BCUT2D eigenvalue weighted by Gasteiger charge is -2.26. The summed E-state index contributed by atoms with van der Waals surface area (Å²) in [5.41, 5.74) is 1.83. The molecule has 1 aliphatic rings. The predicted molar refractivity (Wildman–Crippen MR) is 107 cm³/mol. The van der Waals surface area contributed by atoms with E-state index in [1.165, 1.54) is 0 Å². The van der Waals surface area contributed by atoms with Crippen molar-refractivity contribution in [3.8, 4) is 17.1 Å². The van der Waals surface area contributed by atoms with E-state index in [0.29, 0.717) is 31.2 Å². The van der Waals surface area contributed by atoms with Crippen LogP contribution in [0.15, 0.2) is 53.3 Å². The topological polar surface area (TPSA) is 98.4 Å². The van der Waals surface area contributed by atoms with Crippen LogP contribution in [0.25, 0.3) is 11.4 Å². The van der Waals surface area contributed by atoms with E-state index >= 15 is 0 Å². The largest absolute Gasteiger partial charge is 0.497 e. The van der Waals surface area contributed by atoms with Gasteiger partial charge >= 0.3 is 0 Å². The van der Waals surface area contributed by atoms with Crippen LogP contribution in [0.1, 0.15) is 17.9 Å². The number of pyridine rings is 1. The number of rotatable bonds is 7. The minimum atomic E-state index is -3.01. The first-order valence-electron chi connectivity index (χ1n) is 9.33. The van der Waals surface area contributed by atoms with Gasteiger partial charge in [-0.2, -0.15) is 4.98 Å². The Morgan fingerprint density at radius 2 is 2.03 bits per heavy atom. The van der Waals surface area contributed by atoms with Crippen molar-refractivity contribution in [2.75, 3.05) is 18.6 Å². The quantitative estimate of drug-likeness (QED) is 0.581. The molecule has 1 aliphatic heterocycles. The standard InChI is InChI=1S/C20H22N4O4S/c1-27-18-6-4-15(5-7-18)12-24(17-8-10-29(25,26)14-17)13-19-22-20(23-28-19)16-3-2-9-21-11-16/h2-7,9,11,17H,8,10,12-14H2,1H3. The highest BCUT2D eigenvalue weighted by molar-refractivity contribution is 7.91. The molecule has 9 heteroatoms. The van der Waals surface area contributed by atoms with Crippen LogP contribution in [0.2, 0.25) is 0 Å². The van der Waals surface area contributed by atoms with E-state index in [-0.39, 0.29) is 17.5 Å². The van der Waals surface area contributed by atoms with Crippen LogP contribution >= 0.6 is 0 Å². The van der Waals surface area contributed by atoms with Crippen molar-refractivity contribution in [2.45, 2.75) is 25.6 Å². The molecule has 1 aromatic carbocycles. The molecule has 3 heterocycles. The van der Waals surface area contributed by atoms with E-state index in [0.717, 1.165) is 16.9 Å². The van der Waals surface area contributed by atoms with Gasteiger partial charge in [0.1, 0.15) is 5.75 Å². The van der Waals surface area contributed by atoms with Crippen molar-refractivity contribution < 1.29 is 17.7 Å². The Morgan fingerprint density at radius 1 is 1.21 bits per heavy atom. The molecule has 0 radical (unpaired) electrons. The first-order chi connectivity index (χ1) is 14.0. The zero-order valence-electron chi connectivity index (χ0n) is 16.1. The minimum Gasteiger partial charge on any atom is -0.497 e. The molecule has 152 valence electrons. The molecular formula is C20H22N4O4S. The average molecular weight is 414 g/mol. The zero-order valence-corrected chi connectivity index (χ0v) is 16.9. The maximum absolute atomic E-state index is 12.0. The molecule has 29 heavy (non-hydrogen) atoms. The van der Waals surface area contributed by atoms with Crippen LogP contribution < -0.4 is 4.74 Å². The van der Waals surface area contributed by atoms with Crippen molar-refractivity contribution in [2.24, 2.45) is 0 Å². The molecule has 1 saturated heterocycles. The van der Waals surface area contributed by atoms with Crippen molar-refractivity contribution in [1.29, 1.82) is 0 Å². The number of ether oxygens (including phenoxy) is 1. The number of nitrogens with zero attached hydrogens (tertiary/aromatic N) is 4. The summed E-state index contributed by atoms with van der Waals surface area (Å²) in [5.74, 6) is 2.05. The summed E-state index contributed by atoms with van der Waals surface area (Å²) in [6, 6.07) is 11.3. The second kappa shape index (κ2) is 8.30. The molecule has 0 amide bonds. The van der Waals surface area contributed by atoms with E-state index < -0.39 is 9.84 Å². The second-order valence-corrected chi connectivity index (χ2v) is 9.29. The van der Waals surface area contributed by atoms with Crippen LogP contribution in [-0.2, 0) is 22.9 Å². The molecular weight excluding hydrogens is 392 g/mol. The Morgan fingerprint density at radius 3 is 2.69 bits per heavy atom. The highest BCUT2D eigenvalue weighted by Crippen LogP contribution is 2.23. The van der Waals surface area contributed by atoms with Gasteiger partial charge in [0.2, 0.25) is 11.7 Å². The lowest BCUT2D eigenvalue weighted by molar-refractivity contribution is 0.169. The third-order valence-electron chi connectivity index (χ3n) is 5.00. The van der Waals surface area contributed by atoms with Gasteiger partial charge in [-0.15, -0.1) is 0 Å². The minimum absolute atomic E-state index is 0.0872. The van der Waals surface area contributed by atoms with Crippen LogP contribution in [-0.4, -0.2) is 53.1 Å². The maximum atomic E-state index is 12.0. The van der Waals surface area contributed by atoms with Gasteiger partial charge in [0.25, 0.3) is 0 Å². The van der Waals surface area contributed by atoms with Crippen molar-refractivity contribution in [3.05, 3.63) is 60.2 Å². The molecule has 1 unspecified atom stereocenters. The molecule has 0 saturated carbocycles. The van der Waals surface area contributed by atoms with Gasteiger partial charge in [0.15, 0.2) is 9.84 Å². The lowest BCUT2D eigenvalue weighted by atomic mass is 10.1. The van der Waals surface area contributed by atoms with Gasteiger partial charge in [-0.25, -0.2) is 8.42 Å². The molecule has 3 aromatic rings. The number of sulfone groups is 1. The molecule has 0 spiro atoms. The highest BCUT2D eigenvalue weighted by Gasteiger charge is 2.33. The third-order valence-corrected chi connectivity index (χ3v) is 6.75. The first kappa shape index (κ1) is 19.5. The number of hydrogen-bond donors (Lipinski definition) is 0. The summed E-state index contributed by atoms with van der Waals surface area (Å²) >= 11 is 0. The second-order valence-electron chi connectivity index (χ2n) is 7.06. The van der Waals surface area contributed by atoms with E-state index in [2.05, 4.69) is 20.0 Å². The Hall–Kier alpha value is -2.78. The Balaban J connectivity index is 1.54. The third kappa shape index (κ3) is 4.80. The summed E-state index contributed by atoms with van der Waals surface area (Å²) in [5, 5.41) is 4.04. The van der Waals surface area contributed by atoms with Gasteiger partial charge in [-0.1, -0.05) is 17.3 Å². The van der Waals surface area contributed by atoms with E-state index in [4.69, 9.17) is 9.26 Å². The summed E-state index contributed by atoms with van der Waals surface area (Å²) < 4.78 is 34.7. The molecule has 4 rings (SSSR count). The van der Waals surface area contributed by atoms with E-state index in [1.807, 2.05) is 36.4 Å². The molecule has 0 N–H and O–H groups in total. The highest BCUT2D eigenvalue weighted by atomic mass is 32.2. The molecule has 8 nitrogen and oxygen atoms in total. The van der Waals surface area contributed by atoms with Gasteiger partial charge in [0.05, 0.1) is 25.2 Å². The summed E-state index contributed by atoms with van der Waals surface area (Å²) in [6.45, 7) is 0.953. The van der Waals surface area contributed by atoms with Crippen LogP contribution in [0.4, 0.5) is 0 Å². The van der Waals surface area contributed by atoms with Crippen molar-refractivity contribution in [1.82, 2.24) is 20.0 Å². The number of aromatic nitrogens is 3. The number of benzene rings is 1. The molecule has 1 fully saturated rings. The summed E-state index contributed by atoms with van der Waals surface area (Å²) in [4.78, 5) is 10.6. The van der Waals surface area contributed by atoms with Gasteiger partial charge in [-0.3, -0.25) is 9.88 Å². The molecule has 2 aromatic heterocycles. The smallest absolute Gasteiger partial charge is 0.241 e. The zero-order chi connectivity index (χ0) is 20.3. The van der Waals surface area contributed by atoms with Crippen LogP contribution in [0.5, 0.6) is 5.75 Å². The molecule has 1 atom stereocenters. The number of methoxy groups -OCH3 is 1. The fourth-order valence-electron chi connectivity index (χ4n) is 3.45. The van der Waals surface area contributed by atoms with Crippen molar-refractivity contribution in [3.63, 3.8) is 0 Å². The van der Waals surface area contributed by atoms with Crippen LogP contribution in [0.3, 0.4) is 0 Å². The van der Waals surface area contributed by atoms with Gasteiger partial charge in [0, 0.05) is 30.5 Å². The molecule has 0 aliphatic carbocycles. The summed E-state index contributed by atoms with van der Waals surface area (Å²) in [6.07, 6.45) is 3.96. The number of hydrogen-bond acceptors (Lipinski definition) is 8. The molecule has 0 bridgehead atoms. The van der Waals surface area contributed by atoms with Gasteiger partial charge < -0.3 is 9.26 Å². The average Bonchev–Trinajstić information content (AvgIpc) is 3.35. The first-order valence-corrected chi connectivity index (χ1v) is 11.1. The Labute approximate surface area is 169 Å². The summed E-state index contributed by atoms with van der Waals surface area (Å²) in [7, 11) is -1.38. The predicted octanol–water partition coefficient (Wildman–Crippen LogP) is 2.33. The van der Waals surface area contributed by atoms with Crippen molar-refractivity contribution >= 4 is 9.84 Å². The van der Waals surface area contributed by atoms with E-state index in [9.17, 15) is 8.42 Å². The Bertz CT molecular complexity index is 1050. The fraction of sp³-hybridized carbons (Fsp3) is 0.350. The van der Waals surface area contributed by atoms with Gasteiger partial charge in [-0.05, 0) is 36.2 Å². The van der Waals surface area contributed by atoms with Crippen LogP contribution in [0, 0.1) is 0 Å². The fourth-order valence-corrected chi connectivity index (χ4v) is 5.21. The monoisotopic (exact) mass is 414 g/mol. The maximum Gasteiger partial charge on any atom is 0.241 e. The van der Waals surface area contributed by atoms with E-state index in [1.54, 1.807) is 19.5 Å². The SMILES string of the molecule is COc1ccc(CN(Cc2nc(-c3cccnc3)no2)C2CCS(=O)(=O)C2)cc1. The Kier molecular flexibility index (Phi) is 5.59.